The molecule has 0 saturated carbocycles. The number of benzene rings is 1. The largest absolute Gasteiger partial charge is 0.382 e. The van der Waals surface area contributed by atoms with E-state index in [-0.39, 0.29) is 11.9 Å². The standard InChI is InChI=1S/C12H19FN4O/c1-8-6-10(4-5-11(8)13)16-12(17-14)15-9(2)7-18-3/h4-6,9H,7,14H2,1-3H3,(H2,15,16,17). The molecule has 0 radical (unpaired) electrons. The van der Waals surface area contributed by atoms with Crippen molar-refractivity contribution in [1.82, 2.24) is 5.43 Å². The van der Waals surface area contributed by atoms with Gasteiger partial charge in [0, 0.05) is 12.8 Å². The maximum Gasteiger partial charge on any atom is 0.210 e. The van der Waals surface area contributed by atoms with E-state index in [9.17, 15) is 4.39 Å². The van der Waals surface area contributed by atoms with Crippen molar-refractivity contribution in [2.75, 3.05) is 19.0 Å². The first-order valence-corrected chi connectivity index (χ1v) is 5.63. The molecule has 0 aliphatic heterocycles. The smallest absolute Gasteiger partial charge is 0.210 e. The van der Waals surface area contributed by atoms with E-state index in [2.05, 4.69) is 15.7 Å². The number of halogens is 1. The minimum Gasteiger partial charge on any atom is -0.382 e. The predicted octanol–water partition coefficient (Wildman–Crippen LogP) is 1.40. The molecule has 0 amide bonds. The van der Waals surface area contributed by atoms with Crippen LogP contribution in [0.3, 0.4) is 0 Å². The van der Waals surface area contributed by atoms with Crippen molar-refractivity contribution >= 4 is 11.6 Å². The first-order chi connectivity index (χ1) is 8.56. The van der Waals surface area contributed by atoms with Gasteiger partial charge in [-0.15, -0.1) is 0 Å². The number of nitrogens with one attached hydrogen (secondary N) is 2. The van der Waals surface area contributed by atoms with Gasteiger partial charge >= 0.3 is 0 Å². The molecule has 0 aromatic heterocycles. The summed E-state index contributed by atoms with van der Waals surface area (Å²) in [6, 6.07) is 4.67. The van der Waals surface area contributed by atoms with E-state index in [1.54, 1.807) is 26.2 Å². The van der Waals surface area contributed by atoms with Crippen molar-refractivity contribution in [1.29, 1.82) is 0 Å². The number of anilines is 1. The summed E-state index contributed by atoms with van der Waals surface area (Å²) in [5.41, 5.74) is 3.74. The lowest BCUT2D eigenvalue weighted by Gasteiger charge is -2.12. The van der Waals surface area contributed by atoms with Crippen molar-refractivity contribution in [3.8, 4) is 0 Å². The monoisotopic (exact) mass is 254 g/mol. The molecule has 4 N–H and O–H groups in total. The average Bonchev–Trinajstić information content (AvgIpc) is 2.33. The molecule has 0 fully saturated rings. The third kappa shape index (κ3) is 4.31. The number of guanidine groups is 1. The Morgan fingerprint density at radius 3 is 2.83 bits per heavy atom. The zero-order valence-corrected chi connectivity index (χ0v) is 10.8. The Bertz CT molecular complexity index is 423. The number of methoxy groups -OCH3 is 1. The lowest BCUT2D eigenvalue weighted by molar-refractivity contribution is 0.185. The van der Waals surface area contributed by atoms with Crippen LogP contribution in [0.4, 0.5) is 10.1 Å². The molecule has 0 heterocycles. The second-order valence-corrected chi connectivity index (χ2v) is 4.02. The van der Waals surface area contributed by atoms with E-state index in [1.807, 2.05) is 6.92 Å². The number of hydrogen-bond donors (Lipinski definition) is 3. The fraction of sp³-hybridized carbons (Fsp3) is 0.417. The first-order valence-electron chi connectivity index (χ1n) is 5.63. The normalized spacial score (nSPS) is 13.3. The summed E-state index contributed by atoms with van der Waals surface area (Å²) in [5.74, 6) is 5.54. The minimum atomic E-state index is -0.243. The van der Waals surface area contributed by atoms with Crippen LogP contribution >= 0.6 is 0 Å². The maximum atomic E-state index is 13.1. The molecule has 1 rings (SSSR count). The molecule has 0 saturated heterocycles. The van der Waals surface area contributed by atoms with E-state index in [4.69, 9.17) is 10.6 Å². The summed E-state index contributed by atoms with van der Waals surface area (Å²) in [6.07, 6.45) is 0. The number of nitrogens with zero attached hydrogens (tertiary/aromatic N) is 1. The van der Waals surface area contributed by atoms with Gasteiger partial charge in [-0.25, -0.2) is 15.2 Å². The third-order valence-electron chi connectivity index (χ3n) is 2.31. The van der Waals surface area contributed by atoms with Gasteiger partial charge in [0.15, 0.2) is 0 Å². The van der Waals surface area contributed by atoms with Crippen LogP contribution in [0.1, 0.15) is 12.5 Å². The molecule has 0 spiro atoms. The topological polar surface area (TPSA) is 71.7 Å². The molecular formula is C12H19FN4O. The van der Waals surface area contributed by atoms with E-state index in [0.717, 1.165) is 5.69 Å². The average molecular weight is 254 g/mol. The number of aliphatic imine (C=N–C) groups is 1. The number of hydrogen-bond acceptors (Lipinski definition) is 3. The molecule has 6 heteroatoms. The van der Waals surface area contributed by atoms with Crippen LogP contribution in [0.5, 0.6) is 0 Å². The zero-order valence-electron chi connectivity index (χ0n) is 10.8. The Labute approximate surface area is 106 Å². The Hall–Kier alpha value is -1.66. The van der Waals surface area contributed by atoms with Crippen molar-refractivity contribution in [2.45, 2.75) is 19.9 Å². The summed E-state index contributed by atoms with van der Waals surface area (Å²) in [5, 5.41) is 2.98. The highest BCUT2D eigenvalue weighted by molar-refractivity contribution is 5.93. The number of aryl methyl sites for hydroxylation is 1. The second-order valence-electron chi connectivity index (χ2n) is 4.02. The number of rotatable bonds is 4. The van der Waals surface area contributed by atoms with Crippen LogP contribution in [0.2, 0.25) is 0 Å². The molecule has 0 bridgehead atoms. The number of ether oxygens (including phenoxy) is 1. The van der Waals surface area contributed by atoms with Crippen molar-refractivity contribution in [3.05, 3.63) is 29.6 Å². The molecule has 1 unspecified atom stereocenters. The van der Waals surface area contributed by atoms with Gasteiger partial charge < -0.3 is 10.1 Å². The van der Waals surface area contributed by atoms with E-state index >= 15 is 0 Å². The quantitative estimate of drug-likeness (QED) is 0.329. The van der Waals surface area contributed by atoms with E-state index in [1.165, 1.54) is 6.07 Å². The number of hydrazine groups is 1. The van der Waals surface area contributed by atoms with E-state index < -0.39 is 0 Å². The van der Waals surface area contributed by atoms with Gasteiger partial charge in [-0.3, -0.25) is 5.43 Å². The molecule has 1 atom stereocenters. The predicted molar refractivity (Wildman–Crippen MR) is 70.9 cm³/mol. The fourth-order valence-electron chi connectivity index (χ4n) is 1.46. The molecule has 18 heavy (non-hydrogen) atoms. The van der Waals surface area contributed by atoms with Crippen LogP contribution < -0.4 is 16.6 Å². The summed E-state index contributed by atoms with van der Waals surface area (Å²) in [6.45, 7) is 4.09. The summed E-state index contributed by atoms with van der Waals surface area (Å²) in [7, 11) is 1.61. The molecule has 1 aromatic carbocycles. The Morgan fingerprint density at radius 2 is 2.28 bits per heavy atom. The van der Waals surface area contributed by atoms with Gasteiger partial charge in [-0.2, -0.15) is 0 Å². The Kier molecular flexibility index (Phi) is 5.54. The number of nitrogens with two attached hydrogens (primary N) is 1. The summed E-state index contributed by atoms with van der Waals surface area (Å²) >= 11 is 0. The van der Waals surface area contributed by atoms with Crippen LogP contribution in [0.15, 0.2) is 23.2 Å². The van der Waals surface area contributed by atoms with Gasteiger partial charge in [0.25, 0.3) is 0 Å². The molecule has 0 aliphatic rings. The molecule has 5 nitrogen and oxygen atoms in total. The molecule has 0 aliphatic carbocycles. The van der Waals surface area contributed by atoms with Gasteiger partial charge in [0.2, 0.25) is 5.96 Å². The lowest BCUT2D eigenvalue weighted by atomic mass is 10.2. The van der Waals surface area contributed by atoms with Crippen molar-refractivity contribution in [3.63, 3.8) is 0 Å². The highest BCUT2D eigenvalue weighted by Crippen LogP contribution is 2.13. The van der Waals surface area contributed by atoms with Gasteiger partial charge in [0.05, 0.1) is 12.6 Å². The minimum absolute atomic E-state index is 0.0323. The van der Waals surface area contributed by atoms with Crippen LogP contribution in [0, 0.1) is 12.7 Å². The summed E-state index contributed by atoms with van der Waals surface area (Å²) < 4.78 is 18.1. The Balaban J connectivity index is 2.76. The van der Waals surface area contributed by atoms with Gasteiger partial charge in [-0.05, 0) is 37.6 Å². The zero-order chi connectivity index (χ0) is 13.5. The van der Waals surface area contributed by atoms with Crippen LogP contribution in [0.25, 0.3) is 0 Å². The highest BCUT2D eigenvalue weighted by atomic mass is 19.1. The Morgan fingerprint density at radius 1 is 1.56 bits per heavy atom. The summed E-state index contributed by atoms with van der Waals surface area (Å²) in [4.78, 5) is 4.28. The third-order valence-corrected chi connectivity index (χ3v) is 2.31. The van der Waals surface area contributed by atoms with Crippen LogP contribution in [-0.2, 0) is 4.74 Å². The van der Waals surface area contributed by atoms with Gasteiger partial charge in [-0.1, -0.05) is 0 Å². The highest BCUT2D eigenvalue weighted by Gasteiger charge is 2.04. The van der Waals surface area contributed by atoms with Crippen molar-refractivity contribution < 1.29 is 9.13 Å². The SMILES string of the molecule is COCC(C)N=C(NN)Nc1ccc(F)c(C)c1. The molecule has 100 valence electrons. The molecule has 1 aromatic rings. The van der Waals surface area contributed by atoms with E-state index in [0.29, 0.717) is 18.1 Å². The van der Waals surface area contributed by atoms with Crippen LogP contribution in [-0.4, -0.2) is 25.7 Å². The maximum absolute atomic E-state index is 13.1. The fourth-order valence-corrected chi connectivity index (χ4v) is 1.46. The van der Waals surface area contributed by atoms with Gasteiger partial charge in [0.1, 0.15) is 5.82 Å². The molecular weight excluding hydrogens is 235 g/mol. The van der Waals surface area contributed by atoms with Crippen molar-refractivity contribution in [2.24, 2.45) is 10.8 Å². The lowest BCUT2D eigenvalue weighted by Crippen LogP contribution is -2.37. The second kappa shape index (κ2) is 6.93. The first kappa shape index (κ1) is 14.4.